The number of carbonyl (C=O) groups excluding carboxylic acids is 2. The summed E-state index contributed by atoms with van der Waals surface area (Å²) < 4.78 is 15.2. The zero-order chi connectivity index (χ0) is 20.2. The van der Waals surface area contributed by atoms with Crippen molar-refractivity contribution >= 4 is 23.4 Å². The summed E-state index contributed by atoms with van der Waals surface area (Å²) in [5, 5.41) is 10.8. The molecule has 0 fully saturated rings. The Hall–Kier alpha value is -2.54. The Bertz CT molecular complexity index is 988. The summed E-state index contributed by atoms with van der Waals surface area (Å²) in [6, 6.07) is 4.33. The second-order valence-electron chi connectivity index (χ2n) is 7.31. The molecule has 2 aliphatic heterocycles. The molecule has 0 spiro atoms. The highest BCUT2D eigenvalue weighted by atomic mass is 35.5. The number of benzene rings is 1. The molecule has 2 aliphatic rings. The number of fused-ring (bicyclic) bond motifs is 3. The van der Waals surface area contributed by atoms with E-state index in [2.05, 4.69) is 0 Å². The van der Waals surface area contributed by atoms with Crippen molar-refractivity contribution in [3.8, 4) is 5.75 Å². The molecule has 0 radical (unpaired) electrons. The highest BCUT2D eigenvalue weighted by molar-refractivity contribution is 6.30. The molecular formula is C20H21ClFN3O3. The molecule has 8 heteroatoms. The Kier molecular flexibility index (Phi) is 4.57. The van der Waals surface area contributed by atoms with Crippen LogP contribution in [0.2, 0.25) is 5.02 Å². The number of amides is 2. The molecule has 1 aromatic heterocycles. The van der Waals surface area contributed by atoms with Gasteiger partial charge in [0, 0.05) is 44.3 Å². The maximum Gasteiger partial charge on any atom is 0.274 e. The zero-order valence-corrected chi connectivity index (χ0v) is 16.5. The number of aromatic hydroxyl groups is 1. The Morgan fingerprint density at radius 3 is 2.68 bits per heavy atom. The lowest BCUT2D eigenvalue weighted by Crippen LogP contribution is -2.43. The quantitative estimate of drug-likeness (QED) is 0.852. The van der Waals surface area contributed by atoms with Crippen molar-refractivity contribution < 1.29 is 19.1 Å². The van der Waals surface area contributed by atoms with Crippen molar-refractivity contribution in [1.29, 1.82) is 0 Å². The van der Waals surface area contributed by atoms with E-state index in [9.17, 15) is 19.1 Å². The first-order valence-electron chi connectivity index (χ1n) is 9.32. The van der Waals surface area contributed by atoms with Gasteiger partial charge in [-0.15, -0.1) is 0 Å². The number of hydrogen-bond acceptors (Lipinski definition) is 3. The second kappa shape index (κ2) is 6.81. The molecule has 0 saturated heterocycles. The zero-order valence-electron chi connectivity index (χ0n) is 15.7. The van der Waals surface area contributed by atoms with Gasteiger partial charge in [-0.05, 0) is 31.5 Å². The van der Waals surface area contributed by atoms with Crippen molar-refractivity contribution in [2.24, 2.45) is 0 Å². The van der Waals surface area contributed by atoms with E-state index in [1.54, 1.807) is 15.9 Å². The van der Waals surface area contributed by atoms with Crippen LogP contribution in [0, 0.1) is 5.82 Å². The summed E-state index contributed by atoms with van der Waals surface area (Å²) in [5.74, 6) is -1.33. The third-order valence-electron chi connectivity index (χ3n) is 5.56. The van der Waals surface area contributed by atoms with Gasteiger partial charge in [0.15, 0.2) is 11.4 Å². The fourth-order valence-corrected chi connectivity index (χ4v) is 4.40. The minimum absolute atomic E-state index is 0.00361. The van der Waals surface area contributed by atoms with E-state index in [0.29, 0.717) is 37.3 Å². The van der Waals surface area contributed by atoms with Gasteiger partial charge in [0.1, 0.15) is 11.4 Å². The molecule has 2 amide bonds. The number of halogens is 2. The number of likely N-dealkylation sites (N-methyl/N-ethyl adjacent to an activating group) is 1. The van der Waals surface area contributed by atoms with Crippen molar-refractivity contribution in [2.45, 2.75) is 32.9 Å². The lowest BCUT2D eigenvalue weighted by molar-refractivity contribution is 0.0675. The largest absolute Gasteiger partial charge is 0.505 e. The smallest absolute Gasteiger partial charge is 0.274 e. The first kappa shape index (κ1) is 18.8. The fraction of sp³-hybridized carbons (Fsp3) is 0.400. The van der Waals surface area contributed by atoms with Crippen molar-refractivity contribution in [1.82, 2.24) is 14.4 Å². The van der Waals surface area contributed by atoms with Crippen molar-refractivity contribution in [3.63, 3.8) is 0 Å². The van der Waals surface area contributed by atoms with Crippen LogP contribution in [0.1, 0.15) is 52.0 Å². The van der Waals surface area contributed by atoms with E-state index in [1.165, 1.54) is 12.1 Å². The molecule has 148 valence electrons. The number of nitrogens with zero attached hydrogens (tertiary/aromatic N) is 3. The molecular weight excluding hydrogens is 385 g/mol. The van der Waals surface area contributed by atoms with Crippen LogP contribution in [0.15, 0.2) is 18.2 Å². The first-order valence-corrected chi connectivity index (χ1v) is 9.69. The van der Waals surface area contributed by atoms with Gasteiger partial charge in [-0.2, -0.15) is 0 Å². The summed E-state index contributed by atoms with van der Waals surface area (Å²) in [6.07, 6.45) is 0.535. The Labute approximate surface area is 167 Å². The topological polar surface area (TPSA) is 65.8 Å². The average Bonchev–Trinajstić information content (AvgIpc) is 2.97. The van der Waals surface area contributed by atoms with Gasteiger partial charge in [-0.1, -0.05) is 17.7 Å². The van der Waals surface area contributed by atoms with Crippen LogP contribution in [0.5, 0.6) is 5.75 Å². The van der Waals surface area contributed by atoms with Crippen LogP contribution >= 0.6 is 11.6 Å². The van der Waals surface area contributed by atoms with Gasteiger partial charge < -0.3 is 19.5 Å². The lowest BCUT2D eigenvalue weighted by atomic mass is 10.0. The van der Waals surface area contributed by atoms with E-state index in [-0.39, 0.29) is 46.4 Å². The van der Waals surface area contributed by atoms with Gasteiger partial charge in [-0.3, -0.25) is 9.59 Å². The molecule has 6 nitrogen and oxygen atoms in total. The van der Waals surface area contributed by atoms with E-state index < -0.39 is 5.82 Å². The normalized spacial score (nSPS) is 19.1. The summed E-state index contributed by atoms with van der Waals surface area (Å²) in [6.45, 7) is 5.67. The van der Waals surface area contributed by atoms with E-state index in [4.69, 9.17) is 11.6 Å². The van der Waals surface area contributed by atoms with Crippen LogP contribution < -0.4 is 0 Å². The van der Waals surface area contributed by atoms with E-state index >= 15 is 0 Å². The maximum atomic E-state index is 13.4. The first-order chi connectivity index (χ1) is 13.3. The molecule has 28 heavy (non-hydrogen) atoms. The molecule has 1 unspecified atom stereocenters. The van der Waals surface area contributed by atoms with Gasteiger partial charge in [-0.25, -0.2) is 4.39 Å². The standard InChI is InChI=1S/C20H21ClFN3O3/c1-3-23-9-11(2)25-15-6-7-24(10-12-4-5-14(22)13(21)8-12)19(27)16(15)18(26)17(25)20(23)28/h4-5,8,11,26H,3,6-7,9-10H2,1-2H3. The van der Waals surface area contributed by atoms with Gasteiger partial charge in [0.25, 0.3) is 11.8 Å². The van der Waals surface area contributed by atoms with Crippen LogP contribution in [0.3, 0.4) is 0 Å². The lowest BCUT2D eigenvalue weighted by Gasteiger charge is -2.34. The number of hydrogen-bond donors (Lipinski definition) is 1. The Balaban J connectivity index is 1.70. The van der Waals surface area contributed by atoms with E-state index in [1.807, 2.05) is 18.4 Å². The van der Waals surface area contributed by atoms with Crippen molar-refractivity contribution in [3.05, 3.63) is 51.6 Å². The van der Waals surface area contributed by atoms with Crippen LogP contribution in [-0.4, -0.2) is 50.9 Å². The van der Waals surface area contributed by atoms with E-state index in [0.717, 1.165) is 0 Å². The Morgan fingerprint density at radius 1 is 1.25 bits per heavy atom. The third-order valence-corrected chi connectivity index (χ3v) is 5.84. The SMILES string of the molecule is CCN1CC(C)n2c3c(c(O)c2C1=O)C(=O)N(Cc1ccc(F)c(Cl)c1)CC3. The summed E-state index contributed by atoms with van der Waals surface area (Å²) in [5.41, 5.74) is 1.81. The molecule has 0 saturated carbocycles. The predicted molar refractivity (Wildman–Crippen MR) is 102 cm³/mol. The molecule has 1 atom stereocenters. The Morgan fingerprint density at radius 2 is 2.00 bits per heavy atom. The summed E-state index contributed by atoms with van der Waals surface area (Å²) in [7, 11) is 0. The van der Waals surface area contributed by atoms with Gasteiger partial charge >= 0.3 is 0 Å². The molecule has 2 aromatic rings. The summed E-state index contributed by atoms with van der Waals surface area (Å²) >= 11 is 5.84. The molecule has 3 heterocycles. The highest BCUT2D eigenvalue weighted by Crippen LogP contribution is 2.39. The molecule has 4 rings (SSSR count). The molecule has 0 aliphatic carbocycles. The van der Waals surface area contributed by atoms with Crippen LogP contribution in [0.25, 0.3) is 0 Å². The highest BCUT2D eigenvalue weighted by Gasteiger charge is 2.40. The fourth-order valence-electron chi connectivity index (χ4n) is 4.20. The van der Waals surface area contributed by atoms with Gasteiger partial charge in [0.05, 0.1) is 5.02 Å². The van der Waals surface area contributed by atoms with Crippen molar-refractivity contribution in [2.75, 3.05) is 19.6 Å². The maximum absolute atomic E-state index is 13.4. The number of carbonyl (C=O) groups is 2. The molecule has 1 aromatic carbocycles. The monoisotopic (exact) mass is 405 g/mol. The van der Waals surface area contributed by atoms with Crippen LogP contribution in [0.4, 0.5) is 4.39 Å². The second-order valence-corrected chi connectivity index (χ2v) is 7.71. The minimum atomic E-state index is -0.511. The van der Waals surface area contributed by atoms with Crippen LogP contribution in [-0.2, 0) is 13.0 Å². The summed E-state index contributed by atoms with van der Waals surface area (Å²) in [4.78, 5) is 29.1. The minimum Gasteiger partial charge on any atom is -0.505 e. The number of rotatable bonds is 3. The van der Waals surface area contributed by atoms with Gasteiger partial charge in [0.2, 0.25) is 0 Å². The molecule has 1 N–H and O–H groups in total. The average molecular weight is 406 g/mol. The molecule has 0 bridgehead atoms. The number of aromatic nitrogens is 1. The predicted octanol–water partition coefficient (Wildman–Crippen LogP) is 3.22. The third kappa shape index (κ3) is 2.76.